The zero-order chi connectivity index (χ0) is 15.4. The fourth-order valence-electron chi connectivity index (χ4n) is 2.36. The third kappa shape index (κ3) is 3.95. The van der Waals surface area contributed by atoms with Crippen LogP contribution in [-0.4, -0.2) is 60.6 Å². The first-order valence-electron chi connectivity index (χ1n) is 7.00. The van der Waals surface area contributed by atoms with Crippen LogP contribution >= 0.6 is 0 Å². The number of carboxylic acids is 1. The summed E-state index contributed by atoms with van der Waals surface area (Å²) in [6.07, 6.45) is 0.760. The number of hydrogen-bond acceptors (Lipinski definition) is 3. The van der Waals surface area contributed by atoms with E-state index in [0.717, 1.165) is 24.1 Å². The summed E-state index contributed by atoms with van der Waals surface area (Å²) in [5, 5.41) is 11.9. The van der Waals surface area contributed by atoms with Crippen molar-refractivity contribution in [1.29, 1.82) is 0 Å². The van der Waals surface area contributed by atoms with Gasteiger partial charge in [0.25, 0.3) is 0 Å². The fraction of sp³-hybridized carbons (Fsp3) is 0.467. The Morgan fingerprint density at radius 3 is 2.76 bits per heavy atom. The van der Waals surface area contributed by atoms with Crippen molar-refractivity contribution in [2.45, 2.75) is 13.0 Å². The fourth-order valence-corrected chi connectivity index (χ4v) is 2.36. The highest BCUT2D eigenvalue weighted by atomic mass is 16.4. The number of aromatic carboxylic acids is 1. The van der Waals surface area contributed by atoms with E-state index in [-0.39, 0.29) is 11.6 Å². The van der Waals surface area contributed by atoms with Gasteiger partial charge in [0.15, 0.2) is 0 Å². The first kappa shape index (κ1) is 15.3. The number of hydrogen-bond donors (Lipinski definition) is 2. The standard InChI is InChI=1S/C15H21N3O3/c1-17(2)8-6-16-15(21)18-7-5-11-3-4-12(14(19)20)9-13(11)10-18/h3-4,9H,5-8,10H2,1-2H3,(H,16,21)(H,19,20). The van der Waals surface area contributed by atoms with Gasteiger partial charge < -0.3 is 20.2 Å². The predicted octanol–water partition coefficient (Wildman–Crippen LogP) is 1.01. The lowest BCUT2D eigenvalue weighted by molar-refractivity contribution is 0.0696. The second kappa shape index (κ2) is 6.58. The number of urea groups is 1. The van der Waals surface area contributed by atoms with Crippen molar-refractivity contribution >= 4 is 12.0 Å². The maximum atomic E-state index is 12.1. The number of amides is 2. The summed E-state index contributed by atoms with van der Waals surface area (Å²) in [5.74, 6) is -0.939. The molecule has 0 spiro atoms. The zero-order valence-corrected chi connectivity index (χ0v) is 12.4. The number of likely N-dealkylation sites (N-methyl/N-ethyl adjacent to an activating group) is 1. The second-order valence-corrected chi connectivity index (χ2v) is 5.50. The van der Waals surface area contributed by atoms with E-state index in [0.29, 0.717) is 19.6 Å². The average Bonchev–Trinajstić information content (AvgIpc) is 2.45. The number of carbonyl (C=O) groups excluding carboxylic acids is 1. The van der Waals surface area contributed by atoms with E-state index in [4.69, 9.17) is 5.11 Å². The van der Waals surface area contributed by atoms with Crippen molar-refractivity contribution < 1.29 is 14.7 Å². The van der Waals surface area contributed by atoms with Crippen LogP contribution in [0.5, 0.6) is 0 Å². The molecule has 0 saturated carbocycles. The largest absolute Gasteiger partial charge is 0.478 e. The molecule has 0 aromatic heterocycles. The molecule has 0 aliphatic carbocycles. The quantitative estimate of drug-likeness (QED) is 0.868. The van der Waals surface area contributed by atoms with Gasteiger partial charge in [-0.1, -0.05) is 6.07 Å². The van der Waals surface area contributed by atoms with Crippen LogP contribution in [0.1, 0.15) is 21.5 Å². The highest BCUT2D eigenvalue weighted by Gasteiger charge is 2.21. The molecule has 1 aliphatic rings. The van der Waals surface area contributed by atoms with E-state index in [1.54, 1.807) is 17.0 Å². The molecule has 6 nitrogen and oxygen atoms in total. The molecule has 21 heavy (non-hydrogen) atoms. The Morgan fingerprint density at radius 2 is 2.10 bits per heavy atom. The van der Waals surface area contributed by atoms with Crippen LogP contribution in [0.15, 0.2) is 18.2 Å². The van der Waals surface area contributed by atoms with Crippen LogP contribution in [0, 0.1) is 0 Å². The van der Waals surface area contributed by atoms with Crippen LogP contribution in [-0.2, 0) is 13.0 Å². The molecule has 2 amide bonds. The minimum atomic E-state index is -0.939. The minimum Gasteiger partial charge on any atom is -0.478 e. The first-order valence-corrected chi connectivity index (χ1v) is 7.00. The molecule has 0 fully saturated rings. The lowest BCUT2D eigenvalue weighted by atomic mass is 9.97. The molecule has 1 aliphatic heterocycles. The van der Waals surface area contributed by atoms with Crippen molar-refractivity contribution in [3.05, 3.63) is 34.9 Å². The summed E-state index contributed by atoms with van der Waals surface area (Å²) < 4.78 is 0. The van der Waals surface area contributed by atoms with Crippen LogP contribution < -0.4 is 5.32 Å². The summed E-state index contributed by atoms with van der Waals surface area (Å²) in [5.41, 5.74) is 2.31. The van der Waals surface area contributed by atoms with E-state index in [9.17, 15) is 9.59 Å². The number of carbonyl (C=O) groups is 2. The number of nitrogens with one attached hydrogen (secondary N) is 1. The van der Waals surface area contributed by atoms with E-state index in [2.05, 4.69) is 5.32 Å². The van der Waals surface area contributed by atoms with Gasteiger partial charge in [0.2, 0.25) is 0 Å². The molecule has 6 heteroatoms. The van der Waals surface area contributed by atoms with E-state index < -0.39 is 5.97 Å². The average molecular weight is 291 g/mol. The summed E-state index contributed by atoms with van der Waals surface area (Å²) in [4.78, 5) is 26.8. The molecule has 1 heterocycles. The number of rotatable bonds is 4. The monoisotopic (exact) mass is 291 g/mol. The third-order valence-electron chi connectivity index (χ3n) is 3.59. The van der Waals surface area contributed by atoms with Gasteiger partial charge in [-0.25, -0.2) is 9.59 Å². The van der Waals surface area contributed by atoms with E-state index in [1.807, 2.05) is 25.1 Å². The molecule has 0 bridgehead atoms. The maximum Gasteiger partial charge on any atom is 0.335 e. The Kier molecular flexibility index (Phi) is 4.80. The number of fused-ring (bicyclic) bond motifs is 1. The highest BCUT2D eigenvalue weighted by Crippen LogP contribution is 2.20. The van der Waals surface area contributed by atoms with E-state index >= 15 is 0 Å². The lowest BCUT2D eigenvalue weighted by Gasteiger charge is -2.29. The molecule has 1 aromatic rings. The number of nitrogens with zero attached hydrogens (tertiary/aromatic N) is 2. The minimum absolute atomic E-state index is 0.0942. The lowest BCUT2D eigenvalue weighted by Crippen LogP contribution is -2.44. The predicted molar refractivity (Wildman–Crippen MR) is 79.5 cm³/mol. The zero-order valence-electron chi connectivity index (χ0n) is 12.4. The molecule has 2 rings (SSSR count). The van der Waals surface area contributed by atoms with Gasteiger partial charge in [-0.2, -0.15) is 0 Å². The van der Waals surface area contributed by atoms with Crippen molar-refractivity contribution in [1.82, 2.24) is 15.1 Å². The van der Waals surface area contributed by atoms with Crippen molar-refractivity contribution in [2.75, 3.05) is 33.7 Å². The number of carboxylic acid groups (broad SMARTS) is 1. The van der Waals surface area contributed by atoms with Crippen molar-refractivity contribution in [2.24, 2.45) is 0 Å². The van der Waals surface area contributed by atoms with Gasteiger partial charge >= 0.3 is 12.0 Å². The van der Waals surface area contributed by atoms with Gasteiger partial charge in [0, 0.05) is 26.2 Å². The number of benzene rings is 1. The second-order valence-electron chi connectivity index (χ2n) is 5.50. The molecular weight excluding hydrogens is 270 g/mol. The Balaban J connectivity index is 1.99. The van der Waals surface area contributed by atoms with E-state index in [1.165, 1.54) is 0 Å². The Morgan fingerprint density at radius 1 is 1.33 bits per heavy atom. The SMILES string of the molecule is CN(C)CCNC(=O)N1CCc2ccc(C(=O)O)cc2C1. The molecule has 0 atom stereocenters. The van der Waals surface area contributed by atoms with Crippen LogP contribution in [0.2, 0.25) is 0 Å². The Labute approximate surface area is 124 Å². The summed E-state index contributed by atoms with van der Waals surface area (Å²) in [6, 6.07) is 5.04. The molecule has 0 unspecified atom stereocenters. The van der Waals surface area contributed by atoms with Crippen molar-refractivity contribution in [3.63, 3.8) is 0 Å². The molecule has 1 aromatic carbocycles. The van der Waals surface area contributed by atoms with Gasteiger partial charge in [-0.05, 0) is 43.8 Å². The van der Waals surface area contributed by atoms with Crippen LogP contribution in [0.3, 0.4) is 0 Å². The molecular formula is C15H21N3O3. The molecule has 2 N–H and O–H groups in total. The Bertz CT molecular complexity index is 543. The van der Waals surface area contributed by atoms with Gasteiger partial charge in [-0.15, -0.1) is 0 Å². The van der Waals surface area contributed by atoms with Crippen molar-refractivity contribution in [3.8, 4) is 0 Å². The molecule has 0 radical (unpaired) electrons. The van der Waals surface area contributed by atoms with Gasteiger partial charge in [-0.3, -0.25) is 0 Å². The summed E-state index contributed by atoms with van der Waals surface area (Å²) in [7, 11) is 3.91. The van der Waals surface area contributed by atoms with Gasteiger partial charge in [0.1, 0.15) is 0 Å². The first-order chi connectivity index (χ1) is 9.97. The topological polar surface area (TPSA) is 72.9 Å². The normalized spacial score (nSPS) is 14.0. The maximum absolute atomic E-state index is 12.1. The van der Waals surface area contributed by atoms with Crippen LogP contribution in [0.25, 0.3) is 0 Å². The molecule has 0 saturated heterocycles. The molecule has 114 valence electrons. The summed E-state index contributed by atoms with van der Waals surface area (Å²) >= 11 is 0. The smallest absolute Gasteiger partial charge is 0.335 e. The highest BCUT2D eigenvalue weighted by molar-refractivity contribution is 5.88. The Hall–Kier alpha value is -2.08. The summed E-state index contributed by atoms with van der Waals surface area (Å²) in [6.45, 7) is 2.52. The third-order valence-corrected chi connectivity index (χ3v) is 3.59. The van der Waals surface area contributed by atoms with Gasteiger partial charge in [0.05, 0.1) is 5.56 Å². The van der Waals surface area contributed by atoms with Crippen LogP contribution in [0.4, 0.5) is 4.79 Å².